The monoisotopic (exact) mass is 148 g/mol. The molecular formula is C6H6Cl2. The van der Waals surface area contributed by atoms with Crippen LogP contribution in [0, 0.1) is 0 Å². The summed E-state index contributed by atoms with van der Waals surface area (Å²) in [5.74, 6) is 0. The molecule has 0 spiro atoms. The molecule has 44 valence electrons. The summed E-state index contributed by atoms with van der Waals surface area (Å²) in [6.07, 6.45) is 5.79. The van der Waals surface area contributed by atoms with Crippen LogP contribution in [0.15, 0.2) is 22.2 Å². The molecule has 0 bridgehead atoms. The van der Waals surface area contributed by atoms with E-state index in [9.17, 15) is 0 Å². The molecule has 0 aromatic rings. The van der Waals surface area contributed by atoms with E-state index < -0.39 is 0 Å². The van der Waals surface area contributed by atoms with Crippen molar-refractivity contribution in [2.45, 2.75) is 12.8 Å². The van der Waals surface area contributed by atoms with Gasteiger partial charge in [-0.25, -0.2) is 0 Å². The van der Waals surface area contributed by atoms with E-state index in [1.54, 1.807) is 0 Å². The molecule has 1 aliphatic carbocycles. The molecule has 0 atom stereocenters. The summed E-state index contributed by atoms with van der Waals surface area (Å²) < 4.78 is 0. The Bertz CT molecular complexity index is 145. The summed E-state index contributed by atoms with van der Waals surface area (Å²) in [4.78, 5) is 0. The van der Waals surface area contributed by atoms with Gasteiger partial charge in [-0.05, 0) is 18.9 Å². The second-order valence-electron chi connectivity index (χ2n) is 1.69. The molecular weight excluding hydrogens is 143 g/mol. The highest BCUT2D eigenvalue weighted by atomic mass is 35.5. The standard InChI is InChI=1S/C6H6Cl2/c7-5-3-1-2-4-6(5)8/h1,3H,2,4H2. The van der Waals surface area contributed by atoms with E-state index in [4.69, 9.17) is 23.2 Å². The van der Waals surface area contributed by atoms with Crippen LogP contribution in [-0.4, -0.2) is 0 Å². The van der Waals surface area contributed by atoms with Crippen LogP contribution >= 0.6 is 23.2 Å². The summed E-state index contributed by atoms with van der Waals surface area (Å²) in [7, 11) is 0. The SMILES string of the molecule is ClC1=C(Cl)CCC=C1. The van der Waals surface area contributed by atoms with E-state index in [-0.39, 0.29) is 0 Å². The predicted octanol–water partition coefficient (Wildman–Crippen LogP) is 3.03. The minimum atomic E-state index is 0.693. The lowest BCUT2D eigenvalue weighted by atomic mass is 10.2. The third kappa shape index (κ3) is 1.27. The van der Waals surface area contributed by atoms with Crippen molar-refractivity contribution in [3.05, 3.63) is 22.2 Å². The van der Waals surface area contributed by atoms with Crippen LogP contribution < -0.4 is 0 Å². The van der Waals surface area contributed by atoms with Crippen molar-refractivity contribution in [2.75, 3.05) is 0 Å². The molecule has 0 heterocycles. The van der Waals surface area contributed by atoms with Crippen LogP contribution in [0.2, 0.25) is 0 Å². The van der Waals surface area contributed by atoms with Gasteiger partial charge in [-0.2, -0.15) is 0 Å². The van der Waals surface area contributed by atoms with Gasteiger partial charge in [-0.3, -0.25) is 0 Å². The maximum absolute atomic E-state index is 5.66. The lowest BCUT2D eigenvalue weighted by Crippen LogP contribution is -1.81. The van der Waals surface area contributed by atoms with Crippen LogP contribution in [0.25, 0.3) is 0 Å². The molecule has 1 rings (SSSR count). The topological polar surface area (TPSA) is 0 Å². The first-order valence-corrected chi connectivity index (χ1v) is 3.27. The fourth-order valence-corrected chi connectivity index (χ4v) is 0.962. The van der Waals surface area contributed by atoms with Crippen molar-refractivity contribution >= 4 is 23.2 Å². The lowest BCUT2D eigenvalue weighted by molar-refractivity contribution is 1.01. The van der Waals surface area contributed by atoms with E-state index in [0.717, 1.165) is 17.9 Å². The highest BCUT2D eigenvalue weighted by Gasteiger charge is 2.00. The van der Waals surface area contributed by atoms with Crippen LogP contribution in [0.1, 0.15) is 12.8 Å². The Balaban J connectivity index is 2.76. The third-order valence-electron chi connectivity index (χ3n) is 1.05. The Kier molecular flexibility index (Phi) is 1.98. The van der Waals surface area contributed by atoms with Crippen molar-refractivity contribution in [3.63, 3.8) is 0 Å². The van der Waals surface area contributed by atoms with Gasteiger partial charge in [0.25, 0.3) is 0 Å². The number of hydrogen-bond donors (Lipinski definition) is 0. The fraction of sp³-hybridized carbons (Fsp3) is 0.333. The van der Waals surface area contributed by atoms with Gasteiger partial charge in [0.05, 0.1) is 5.03 Å². The molecule has 0 saturated heterocycles. The lowest BCUT2D eigenvalue weighted by Gasteiger charge is -2.01. The zero-order valence-corrected chi connectivity index (χ0v) is 5.84. The van der Waals surface area contributed by atoms with Gasteiger partial charge in [0.15, 0.2) is 0 Å². The summed E-state index contributed by atoms with van der Waals surface area (Å²) in [6, 6.07) is 0. The van der Waals surface area contributed by atoms with Crippen molar-refractivity contribution in [3.8, 4) is 0 Å². The first-order valence-electron chi connectivity index (χ1n) is 2.51. The van der Waals surface area contributed by atoms with E-state index in [1.165, 1.54) is 0 Å². The molecule has 0 fully saturated rings. The van der Waals surface area contributed by atoms with E-state index in [1.807, 2.05) is 12.2 Å². The maximum Gasteiger partial charge on any atom is 0.0548 e. The van der Waals surface area contributed by atoms with Crippen LogP contribution in [0.4, 0.5) is 0 Å². The Morgan fingerprint density at radius 3 is 2.50 bits per heavy atom. The summed E-state index contributed by atoms with van der Waals surface area (Å²) in [6.45, 7) is 0. The van der Waals surface area contributed by atoms with Gasteiger partial charge in [-0.15, -0.1) is 0 Å². The quantitative estimate of drug-likeness (QED) is 0.496. The third-order valence-corrected chi connectivity index (χ3v) is 1.90. The average molecular weight is 149 g/mol. The zero-order chi connectivity index (χ0) is 5.98. The Morgan fingerprint density at radius 1 is 1.38 bits per heavy atom. The van der Waals surface area contributed by atoms with Gasteiger partial charge in [0.1, 0.15) is 0 Å². The maximum atomic E-state index is 5.66. The minimum absolute atomic E-state index is 0.693. The van der Waals surface area contributed by atoms with Crippen LogP contribution in [0.5, 0.6) is 0 Å². The summed E-state index contributed by atoms with van der Waals surface area (Å²) in [5, 5.41) is 1.48. The van der Waals surface area contributed by atoms with Gasteiger partial charge < -0.3 is 0 Å². The second kappa shape index (κ2) is 2.56. The molecule has 0 radical (unpaired) electrons. The average Bonchev–Trinajstić information content (AvgIpc) is 1.77. The Labute approximate surface area is 58.8 Å². The van der Waals surface area contributed by atoms with Gasteiger partial charge in [0.2, 0.25) is 0 Å². The molecule has 1 aliphatic rings. The summed E-state index contributed by atoms with van der Waals surface area (Å²) in [5.41, 5.74) is 0. The molecule has 2 heteroatoms. The van der Waals surface area contributed by atoms with E-state index in [2.05, 4.69) is 0 Å². The molecule has 8 heavy (non-hydrogen) atoms. The van der Waals surface area contributed by atoms with Crippen molar-refractivity contribution in [1.82, 2.24) is 0 Å². The number of hydrogen-bond acceptors (Lipinski definition) is 0. The Morgan fingerprint density at radius 2 is 2.12 bits per heavy atom. The molecule has 0 N–H and O–H groups in total. The highest BCUT2D eigenvalue weighted by Crippen LogP contribution is 2.24. The number of rotatable bonds is 0. The van der Waals surface area contributed by atoms with Crippen molar-refractivity contribution < 1.29 is 0 Å². The van der Waals surface area contributed by atoms with Crippen LogP contribution in [-0.2, 0) is 0 Å². The molecule has 0 nitrogen and oxygen atoms in total. The molecule has 0 unspecified atom stereocenters. The van der Waals surface area contributed by atoms with Gasteiger partial charge in [0, 0.05) is 5.03 Å². The smallest absolute Gasteiger partial charge is 0.0548 e. The minimum Gasteiger partial charge on any atom is -0.0875 e. The molecule has 0 amide bonds. The molecule has 0 aromatic carbocycles. The van der Waals surface area contributed by atoms with Crippen molar-refractivity contribution in [2.24, 2.45) is 0 Å². The zero-order valence-electron chi connectivity index (χ0n) is 4.32. The Hall–Kier alpha value is 0.0600. The fourth-order valence-electron chi connectivity index (χ4n) is 0.607. The predicted molar refractivity (Wildman–Crippen MR) is 37.1 cm³/mol. The largest absolute Gasteiger partial charge is 0.0875 e. The van der Waals surface area contributed by atoms with Gasteiger partial charge >= 0.3 is 0 Å². The normalized spacial score (nSPS) is 19.8. The highest BCUT2D eigenvalue weighted by molar-refractivity contribution is 6.40. The second-order valence-corrected chi connectivity index (χ2v) is 2.56. The first kappa shape index (κ1) is 6.18. The number of halogens is 2. The van der Waals surface area contributed by atoms with Crippen LogP contribution in [0.3, 0.4) is 0 Å². The molecule has 0 aromatic heterocycles. The molecule has 0 saturated carbocycles. The van der Waals surface area contributed by atoms with Crippen molar-refractivity contribution in [1.29, 1.82) is 0 Å². The summed E-state index contributed by atoms with van der Waals surface area (Å²) >= 11 is 11.3. The number of allylic oxidation sites excluding steroid dienone is 4. The van der Waals surface area contributed by atoms with E-state index >= 15 is 0 Å². The molecule has 0 aliphatic heterocycles. The first-order chi connectivity index (χ1) is 3.80. The van der Waals surface area contributed by atoms with E-state index in [0.29, 0.717) is 5.03 Å². The van der Waals surface area contributed by atoms with Gasteiger partial charge in [-0.1, -0.05) is 29.3 Å².